The molecule has 1 rings (SSSR count). The van der Waals surface area contributed by atoms with E-state index in [4.69, 9.17) is 10.00 Å². The molecule has 0 unspecified atom stereocenters. The van der Waals surface area contributed by atoms with Crippen LogP contribution in [0.5, 0.6) is 5.75 Å². The van der Waals surface area contributed by atoms with Crippen LogP contribution >= 0.6 is 0 Å². The quantitative estimate of drug-likeness (QED) is 0.552. The number of ketones is 1. The highest BCUT2D eigenvalue weighted by molar-refractivity contribution is 6.00. The molecule has 0 N–H and O–H groups in total. The third-order valence-corrected chi connectivity index (χ3v) is 1.95. The second-order valence-corrected chi connectivity index (χ2v) is 2.93. The Hall–Kier alpha value is -2.15. The topological polar surface area (TPSA) is 67.2 Å². The molecule has 0 radical (unpaired) electrons. The standard InChI is InChI=1S/C11H9NO3/c1-7(14)11-9(5-12)3-8(6-13)4-10(11)15-2/h3-4,6H,1-2H3. The van der Waals surface area contributed by atoms with Crippen LogP contribution in [0.4, 0.5) is 0 Å². The van der Waals surface area contributed by atoms with E-state index in [1.54, 1.807) is 0 Å². The van der Waals surface area contributed by atoms with Gasteiger partial charge in [-0.05, 0) is 19.1 Å². The van der Waals surface area contributed by atoms with Crippen LogP contribution in [-0.2, 0) is 0 Å². The van der Waals surface area contributed by atoms with Gasteiger partial charge in [0, 0.05) is 5.56 Å². The van der Waals surface area contributed by atoms with Crippen molar-refractivity contribution < 1.29 is 14.3 Å². The summed E-state index contributed by atoms with van der Waals surface area (Å²) in [6.07, 6.45) is 0.604. The van der Waals surface area contributed by atoms with Gasteiger partial charge in [-0.15, -0.1) is 0 Å². The molecule has 0 heterocycles. The molecular weight excluding hydrogens is 194 g/mol. The molecule has 0 saturated heterocycles. The van der Waals surface area contributed by atoms with Gasteiger partial charge in [-0.2, -0.15) is 5.26 Å². The summed E-state index contributed by atoms with van der Waals surface area (Å²) in [6, 6.07) is 4.67. The first-order valence-corrected chi connectivity index (χ1v) is 4.22. The minimum absolute atomic E-state index is 0.156. The minimum Gasteiger partial charge on any atom is -0.496 e. The average molecular weight is 203 g/mol. The van der Waals surface area contributed by atoms with E-state index in [-0.39, 0.29) is 22.7 Å². The molecule has 4 nitrogen and oxygen atoms in total. The maximum absolute atomic E-state index is 11.3. The molecule has 15 heavy (non-hydrogen) atoms. The number of nitrogens with zero attached hydrogens (tertiary/aromatic N) is 1. The normalized spacial score (nSPS) is 9.13. The van der Waals surface area contributed by atoms with Crippen molar-refractivity contribution in [3.8, 4) is 11.8 Å². The van der Waals surface area contributed by atoms with E-state index in [1.807, 2.05) is 6.07 Å². The maximum Gasteiger partial charge on any atom is 0.164 e. The lowest BCUT2D eigenvalue weighted by Crippen LogP contribution is -2.02. The van der Waals surface area contributed by atoms with Crippen molar-refractivity contribution in [2.75, 3.05) is 7.11 Å². The van der Waals surface area contributed by atoms with Crippen LogP contribution < -0.4 is 4.74 Å². The first-order chi connectivity index (χ1) is 7.13. The predicted molar refractivity (Wildman–Crippen MR) is 53.1 cm³/mol. The maximum atomic E-state index is 11.3. The van der Waals surface area contributed by atoms with Crippen molar-refractivity contribution in [3.63, 3.8) is 0 Å². The van der Waals surface area contributed by atoms with Gasteiger partial charge >= 0.3 is 0 Å². The first-order valence-electron chi connectivity index (χ1n) is 4.22. The zero-order valence-corrected chi connectivity index (χ0v) is 8.40. The summed E-state index contributed by atoms with van der Waals surface area (Å²) in [5, 5.41) is 8.83. The van der Waals surface area contributed by atoms with Crippen molar-refractivity contribution in [2.45, 2.75) is 6.92 Å². The number of Topliss-reactive ketones (excluding diaryl/α,β-unsaturated/α-hetero) is 1. The fraction of sp³-hybridized carbons (Fsp3) is 0.182. The van der Waals surface area contributed by atoms with Crippen LogP contribution in [0.2, 0.25) is 0 Å². The molecular formula is C11H9NO3. The summed E-state index contributed by atoms with van der Waals surface area (Å²) < 4.78 is 4.96. The molecule has 1 aromatic rings. The number of aldehydes is 1. The van der Waals surface area contributed by atoms with E-state index in [9.17, 15) is 9.59 Å². The number of methoxy groups -OCH3 is 1. The van der Waals surface area contributed by atoms with Crippen molar-refractivity contribution >= 4 is 12.1 Å². The van der Waals surface area contributed by atoms with Crippen molar-refractivity contribution in [1.29, 1.82) is 5.26 Å². The number of carbonyl (C=O) groups is 2. The molecule has 0 fully saturated rings. The highest BCUT2D eigenvalue weighted by Gasteiger charge is 2.15. The minimum atomic E-state index is -0.263. The van der Waals surface area contributed by atoms with E-state index >= 15 is 0 Å². The molecule has 76 valence electrons. The predicted octanol–water partition coefficient (Wildman–Crippen LogP) is 1.58. The number of hydrogen-bond donors (Lipinski definition) is 0. The van der Waals surface area contributed by atoms with E-state index in [0.29, 0.717) is 11.8 Å². The van der Waals surface area contributed by atoms with Crippen molar-refractivity contribution in [2.24, 2.45) is 0 Å². The number of rotatable bonds is 3. The first kappa shape index (κ1) is 10.9. The number of carbonyl (C=O) groups excluding carboxylic acids is 2. The molecule has 1 aromatic carbocycles. The van der Waals surface area contributed by atoms with Gasteiger partial charge in [0.1, 0.15) is 18.1 Å². The lowest BCUT2D eigenvalue weighted by molar-refractivity contribution is 0.101. The Morgan fingerprint density at radius 1 is 1.53 bits per heavy atom. The lowest BCUT2D eigenvalue weighted by Gasteiger charge is -2.07. The SMILES string of the molecule is COc1cc(C=O)cc(C#N)c1C(C)=O. The third-order valence-electron chi connectivity index (χ3n) is 1.95. The molecule has 0 atom stereocenters. The van der Waals surface area contributed by atoms with Gasteiger partial charge in [0.05, 0.1) is 18.2 Å². The molecule has 0 aliphatic heterocycles. The summed E-state index contributed by atoms with van der Waals surface area (Å²) in [5.74, 6) is -0.00972. The summed E-state index contributed by atoms with van der Waals surface area (Å²) in [6.45, 7) is 1.35. The van der Waals surface area contributed by atoms with Crippen LogP contribution in [0.25, 0.3) is 0 Å². The molecule has 0 bridgehead atoms. The van der Waals surface area contributed by atoms with Crippen molar-refractivity contribution in [3.05, 3.63) is 28.8 Å². The fourth-order valence-corrected chi connectivity index (χ4v) is 1.32. The summed E-state index contributed by atoms with van der Waals surface area (Å²) in [4.78, 5) is 21.9. The van der Waals surface area contributed by atoms with Gasteiger partial charge in [-0.25, -0.2) is 0 Å². The molecule has 0 aromatic heterocycles. The Kier molecular flexibility index (Phi) is 3.19. The second kappa shape index (κ2) is 4.38. The Morgan fingerprint density at radius 3 is 2.60 bits per heavy atom. The zero-order chi connectivity index (χ0) is 11.4. The average Bonchev–Trinajstić information content (AvgIpc) is 2.26. The zero-order valence-electron chi connectivity index (χ0n) is 8.40. The van der Waals surface area contributed by atoms with Crippen molar-refractivity contribution in [1.82, 2.24) is 0 Å². The van der Waals surface area contributed by atoms with E-state index in [0.717, 1.165) is 0 Å². The fourth-order valence-electron chi connectivity index (χ4n) is 1.32. The Bertz CT molecular complexity index is 458. The van der Waals surface area contributed by atoms with E-state index in [1.165, 1.54) is 26.2 Å². The smallest absolute Gasteiger partial charge is 0.164 e. The Labute approximate surface area is 87.1 Å². The van der Waals surface area contributed by atoms with Crippen LogP contribution in [0.15, 0.2) is 12.1 Å². The van der Waals surface area contributed by atoms with Gasteiger partial charge in [-0.3, -0.25) is 9.59 Å². The van der Waals surface area contributed by atoms with Gasteiger partial charge in [0.25, 0.3) is 0 Å². The second-order valence-electron chi connectivity index (χ2n) is 2.93. The number of benzene rings is 1. The van der Waals surface area contributed by atoms with E-state index in [2.05, 4.69) is 0 Å². The molecule has 0 spiro atoms. The summed E-state index contributed by atoms with van der Waals surface area (Å²) in [5.41, 5.74) is 0.683. The third kappa shape index (κ3) is 2.02. The molecule has 0 aliphatic rings. The van der Waals surface area contributed by atoms with Gasteiger partial charge in [0.15, 0.2) is 5.78 Å². The van der Waals surface area contributed by atoms with Crippen LogP contribution in [0, 0.1) is 11.3 Å². The monoisotopic (exact) mass is 203 g/mol. The van der Waals surface area contributed by atoms with Gasteiger partial charge in [-0.1, -0.05) is 0 Å². The largest absolute Gasteiger partial charge is 0.496 e. The van der Waals surface area contributed by atoms with Gasteiger partial charge < -0.3 is 4.74 Å². The van der Waals surface area contributed by atoms with Crippen LogP contribution in [0.1, 0.15) is 33.2 Å². The number of hydrogen-bond acceptors (Lipinski definition) is 4. The van der Waals surface area contributed by atoms with Crippen LogP contribution in [0.3, 0.4) is 0 Å². The Morgan fingerprint density at radius 2 is 2.20 bits per heavy atom. The number of ether oxygens (including phenoxy) is 1. The molecule has 0 aliphatic carbocycles. The Balaban J connectivity index is 3.55. The lowest BCUT2D eigenvalue weighted by atomic mass is 10.0. The molecule has 0 amide bonds. The van der Waals surface area contributed by atoms with Crippen LogP contribution in [-0.4, -0.2) is 19.2 Å². The highest BCUT2D eigenvalue weighted by Crippen LogP contribution is 2.24. The molecule has 4 heteroatoms. The highest BCUT2D eigenvalue weighted by atomic mass is 16.5. The van der Waals surface area contributed by atoms with E-state index < -0.39 is 0 Å². The van der Waals surface area contributed by atoms with Gasteiger partial charge in [0.2, 0.25) is 0 Å². The molecule has 0 saturated carbocycles. The number of nitriles is 1. The summed E-state index contributed by atoms with van der Waals surface area (Å²) in [7, 11) is 1.39. The summed E-state index contributed by atoms with van der Waals surface area (Å²) >= 11 is 0.